The first-order chi connectivity index (χ1) is 17.2. The molecule has 0 atom stereocenters. The number of hydrogen-bond donors (Lipinski definition) is 1. The van der Waals surface area contributed by atoms with E-state index in [1.807, 2.05) is 38.1 Å². The smallest absolute Gasteiger partial charge is 0.273 e. The Morgan fingerprint density at radius 2 is 1.89 bits per heavy atom. The monoisotopic (exact) mass is 537 g/mol. The minimum atomic E-state index is -0.737. The summed E-state index contributed by atoms with van der Waals surface area (Å²) in [7, 11) is 0. The molecule has 0 saturated heterocycles. The summed E-state index contributed by atoms with van der Waals surface area (Å²) in [5.74, 6) is -1.18. The van der Waals surface area contributed by atoms with E-state index in [1.165, 1.54) is 41.0 Å². The molecule has 1 heterocycles. The fourth-order valence-corrected chi connectivity index (χ4v) is 5.10. The molecule has 180 valence electrons. The van der Waals surface area contributed by atoms with Gasteiger partial charge in [-0.25, -0.2) is 4.39 Å². The van der Waals surface area contributed by atoms with Crippen molar-refractivity contribution in [2.45, 2.75) is 13.8 Å². The number of nitrogens with one attached hydrogen (secondary N) is 1. The molecule has 9 heteroatoms. The van der Waals surface area contributed by atoms with Crippen molar-refractivity contribution in [2.24, 2.45) is 0 Å². The lowest BCUT2D eigenvalue weighted by molar-refractivity contribution is -0.111. The molecule has 5 nitrogen and oxygen atoms in total. The number of nitrogens with zero attached hydrogens (tertiary/aromatic N) is 2. The molecule has 1 aromatic heterocycles. The van der Waals surface area contributed by atoms with Crippen LogP contribution in [0.15, 0.2) is 65.5 Å². The Labute approximate surface area is 220 Å². The van der Waals surface area contributed by atoms with Gasteiger partial charge in [0.1, 0.15) is 16.5 Å². The van der Waals surface area contributed by atoms with Crippen LogP contribution in [0.5, 0.6) is 0 Å². The Morgan fingerprint density at radius 3 is 2.58 bits per heavy atom. The van der Waals surface area contributed by atoms with E-state index in [1.54, 1.807) is 12.1 Å². The Hall–Kier alpha value is -3.70. The number of aryl methyl sites for hydroxylation is 2. The first kappa shape index (κ1) is 25.4. The van der Waals surface area contributed by atoms with Crippen molar-refractivity contribution in [3.05, 3.63) is 113 Å². The standard InChI is InChI=1S/C27H18Cl2FN3O2S/c1-15-6-7-16(2)23(10-15)33-26(35)24(12-17-4-3-5-19(30)11-17)36-27(33)20(14-31)25(34)32-22-9-8-18(28)13-21(22)29/h3-13H,1-2H3,(H,32,34)/b24-12+,27-20-. The van der Waals surface area contributed by atoms with Crippen LogP contribution in [0.2, 0.25) is 10.0 Å². The van der Waals surface area contributed by atoms with Gasteiger partial charge in [-0.3, -0.25) is 14.2 Å². The number of aromatic nitrogens is 1. The number of anilines is 1. The second-order valence-corrected chi connectivity index (χ2v) is 9.84. The van der Waals surface area contributed by atoms with E-state index < -0.39 is 17.3 Å². The quantitative estimate of drug-likeness (QED) is 0.393. The van der Waals surface area contributed by atoms with Gasteiger partial charge >= 0.3 is 0 Å². The van der Waals surface area contributed by atoms with Crippen molar-refractivity contribution in [3.8, 4) is 11.8 Å². The Bertz CT molecular complexity index is 1740. The van der Waals surface area contributed by atoms with Crippen LogP contribution in [-0.2, 0) is 4.79 Å². The maximum atomic E-state index is 13.8. The van der Waals surface area contributed by atoms with Crippen molar-refractivity contribution in [1.82, 2.24) is 4.57 Å². The molecule has 0 aliphatic carbocycles. The molecule has 0 aliphatic rings. The summed E-state index contributed by atoms with van der Waals surface area (Å²) in [5, 5.41) is 13.2. The first-order valence-corrected chi connectivity index (χ1v) is 12.2. The zero-order chi connectivity index (χ0) is 26.0. The molecule has 0 saturated carbocycles. The van der Waals surface area contributed by atoms with Crippen molar-refractivity contribution in [3.63, 3.8) is 0 Å². The normalized spacial score (nSPS) is 12.3. The molecule has 1 N–H and O–H groups in total. The van der Waals surface area contributed by atoms with Crippen molar-refractivity contribution in [2.75, 3.05) is 5.32 Å². The molecule has 3 aromatic carbocycles. The highest BCUT2D eigenvalue weighted by Crippen LogP contribution is 2.25. The van der Waals surface area contributed by atoms with Crippen LogP contribution in [0.4, 0.5) is 10.1 Å². The highest BCUT2D eigenvalue weighted by Gasteiger charge is 2.19. The lowest BCUT2D eigenvalue weighted by Gasteiger charge is -2.10. The third kappa shape index (κ3) is 5.26. The van der Waals surface area contributed by atoms with E-state index in [0.29, 0.717) is 16.3 Å². The minimum absolute atomic E-state index is 0.140. The molecule has 0 bridgehead atoms. The van der Waals surface area contributed by atoms with Gasteiger partial charge in [-0.2, -0.15) is 5.26 Å². The number of thiazole rings is 1. The van der Waals surface area contributed by atoms with Gasteiger partial charge in [-0.15, -0.1) is 11.3 Å². The third-order valence-electron chi connectivity index (χ3n) is 5.31. The van der Waals surface area contributed by atoms with Crippen molar-refractivity contribution >= 4 is 57.8 Å². The lowest BCUT2D eigenvalue weighted by atomic mass is 10.1. The first-order valence-electron chi connectivity index (χ1n) is 10.7. The summed E-state index contributed by atoms with van der Waals surface area (Å²) in [6, 6.07) is 17.8. The SMILES string of the molecule is Cc1ccc(C)c(-n2c(=O)/c(=C\c3cccc(F)c3)s/c2=C(/C#N)C(=O)Nc2ccc(Cl)cc2Cl)c1. The Morgan fingerprint density at radius 1 is 1.11 bits per heavy atom. The zero-order valence-electron chi connectivity index (χ0n) is 19.1. The van der Waals surface area contributed by atoms with Crippen LogP contribution in [0.25, 0.3) is 17.3 Å². The summed E-state index contributed by atoms with van der Waals surface area (Å²) in [6.07, 6.45) is 1.53. The summed E-state index contributed by atoms with van der Waals surface area (Å²) < 4.78 is 15.5. The number of halogens is 3. The van der Waals surface area contributed by atoms with Gasteiger partial charge in [0, 0.05) is 5.02 Å². The Kier molecular flexibility index (Phi) is 7.41. The van der Waals surface area contributed by atoms with E-state index in [0.717, 1.165) is 22.5 Å². The number of amides is 1. The van der Waals surface area contributed by atoms with Crippen LogP contribution in [-0.4, -0.2) is 10.5 Å². The highest BCUT2D eigenvalue weighted by molar-refractivity contribution is 7.07. The van der Waals surface area contributed by atoms with Gasteiger partial charge in [0.25, 0.3) is 11.5 Å². The van der Waals surface area contributed by atoms with Crippen molar-refractivity contribution in [1.29, 1.82) is 5.26 Å². The summed E-state index contributed by atoms with van der Waals surface area (Å²) >= 11 is 13.1. The molecule has 4 rings (SSSR count). The minimum Gasteiger partial charge on any atom is -0.320 e. The molecule has 0 spiro atoms. The van der Waals surface area contributed by atoms with E-state index in [2.05, 4.69) is 5.32 Å². The molecule has 0 aliphatic heterocycles. The topological polar surface area (TPSA) is 74.9 Å². The van der Waals surface area contributed by atoms with Gasteiger partial charge in [-0.05, 0) is 73.0 Å². The number of carbonyl (C=O) groups excluding carboxylic acids is 1. The molecular formula is C27H18Cl2FN3O2S. The summed E-state index contributed by atoms with van der Waals surface area (Å²) in [4.78, 5) is 26.8. The zero-order valence-corrected chi connectivity index (χ0v) is 21.4. The third-order valence-corrected chi connectivity index (χ3v) is 6.95. The maximum Gasteiger partial charge on any atom is 0.273 e. The number of rotatable bonds is 4. The highest BCUT2D eigenvalue weighted by atomic mass is 35.5. The van der Waals surface area contributed by atoms with E-state index in [-0.39, 0.29) is 25.5 Å². The molecule has 36 heavy (non-hydrogen) atoms. The fraction of sp³-hybridized carbons (Fsp3) is 0.0741. The van der Waals surface area contributed by atoms with Crippen LogP contribution >= 0.6 is 34.5 Å². The predicted octanol–water partition coefficient (Wildman–Crippen LogP) is 5.10. The fourth-order valence-electron chi connectivity index (χ4n) is 3.55. The summed E-state index contributed by atoms with van der Waals surface area (Å²) in [5.41, 5.74) is 2.24. The van der Waals surface area contributed by atoms with E-state index >= 15 is 0 Å². The van der Waals surface area contributed by atoms with Crippen molar-refractivity contribution < 1.29 is 9.18 Å². The molecule has 0 fully saturated rings. The van der Waals surface area contributed by atoms with Gasteiger partial charge < -0.3 is 5.32 Å². The lowest BCUT2D eigenvalue weighted by Crippen LogP contribution is -2.32. The second-order valence-electron chi connectivity index (χ2n) is 7.97. The second kappa shape index (κ2) is 10.5. The van der Waals surface area contributed by atoms with E-state index in [9.17, 15) is 19.2 Å². The Balaban J connectivity index is 2.01. The predicted molar refractivity (Wildman–Crippen MR) is 143 cm³/mol. The number of hydrogen-bond acceptors (Lipinski definition) is 4. The van der Waals surface area contributed by atoms with Crippen LogP contribution in [0, 0.1) is 31.0 Å². The number of nitriles is 1. The van der Waals surface area contributed by atoms with Gasteiger partial charge in [0.15, 0.2) is 5.57 Å². The number of benzene rings is 3. The van der Waals surface area contributed by atoms with Gasteiger partial charge in [-0.1, -0.05) is 47.5 Å². The van der Waals surface area contributed by atoms with Crippen LogP contribution in [0.3, 0.4) is 0 Å². The largest absolute Gasteiger partial charge is 0.320 e. The molecular weight excluding hydrogens is 520 g/mol. The van der Waals surface area contributed by atoms with Gasteiger partial charge in [0.05, 0.1) is 20.9 Å². The van der Waals surface area contributed by atoms with Gasteiger partial charge in [0.2, 0.25) is 0 Å². The average Bonchev–Trinajstić information content (AvgIpc) is 3.13. The maximum absolute atomic E-state index is 13.8. The van der Waals surface area contributed by atoms with Crippen LogP contribution < -0.4 is 20.1 Å². The molecule has 0 radical (unpaired) electrons. The molecule has 0 unspecified atom stereocenters. The average molecular weight is 538 g/mol. The summed E-state index contributed by atoms with van der Waals surface area (Å²) in [6.45, 7) is 3.71. The molecule has 1 amide bonds. The number of carbonyl (C=O) groups is 1. The van der Waals surface area contributed by atoms with E-state index in [4.69, 9.17) is 23.2 Å². The molecule has 4 aromatic rings. The van der Waals surface area contributed by atoms with Crippen LogP contribution in [0.1, 0.15) is 16.7 Å².